The number of nitrogens with one attached hydrogen (secondary N) is 1. The normalized spacial score (nSPS) is 10.8. The molecular formula is C23H24BrN3O5. The molecule has 0 fully saturated rings. The van der Waals surface area contributed by atoms with E-state index in [1.807, 2.05) is 6.07 Å². The summed E-state index contributed by atoms with van der Waals surface area (Å²) >= 11 is 3.53. The first-order valence-corrected chi connectivity index (χ1v) is 10.7. The number of benzene rings is 2. The second-order valence-corrected chi connectivity index (χ2v) is 8.07. The first-order chi connectivity index (χ1) is 15.3. The van der Waals surface area contributed by atoms with E-state index in [1.54, 1.807) is 45.5 Å². The van der Waals surface area contributed by atoms with Crippen LogP contribution in [-0.2, 0) is 4.74 Å². The smallest absolute Gasteiger partial charge is 0.337 e. The minimum absolute atomic E-state index is 0.0953. The fourth-order valence-electron chi connectivity index (χ4n) is 3.14. The van der Waals surface area contributed by atoms with Gasteiger partial charge < -0.3 is 24.8 Å². The van der Waals surface area contributed by atoms with Crippen LogP contribution in [0.15, 0.2) is 47.1 Å². The second kappa shape index (κ2) is 10.4. The number of carbonyl (C=O) groups is 2. The molecule has 168 valence electrons. The van der Waals surface area contributed by atoms with Crippen LogP contribution < -0.4 is 10.1 Å². The second-order valence-electron chi connectivity index (χ2n) is 7.22. The summed E-state index contributed by atoms with van der Waals surface area (Å²) < 4.78 is 11.6. The summed E-state index contributed by atoms with van der Waals surface area (Å²) in [4.78, 5) is 30.4. The van der Waals surface area contributed by atoms with Crippen LogP contribution in [-0.4, -0.2) is 61.3 Å². The fraction of sp³-hybridized carbons (Fsp3) is 0.261. The Morgan fingerprint density at radius 3 is 2.59 bits per heavy atom. The zero-order valence-corrected chi connectivity index (χ0v) is 19.6. The van der Waals surface area contributed by atoms with Gasteiger partial charge in [-0.15, -0.1) is 0 Å². The number of halogens is 1. The number of nitrogens with zero attached hydrogens (tertiary/aromatic N) is 2. The quantitative estimate of drug-likeness (QED) is 0.414. The number of methoxy groups -OCH3 is 1. The predicted molar refractivity (Wildman–Crippen MR) is 126 cm³/mol. The summed E-state index contributed by atoms with van der Waals surface area (Å²) in [6.45, 7) is 1.07. The average Bonchev–Trinajstić information content (AvgIpc) is 2.77. The lowest BCUT2D eigenvalue weighted by molar-refractivity contribution is 0.0697. The van der Waals surface area contributed by atoms with Crippen molar-refractivity contribution in [3.63, 3.8) is 0 Å². The van der Waals surface area contributed by atoms with Crippen molar-refractivity contribution in [1.82, 2.24) is 9.88 Å². The van der Waals surface area contributed by atoms with Gasteiger partial charge in [-0.2, -0.15) is 0 Å². The van der Waals surface area contributed by atoms with Crippen molar-refractivity contribution in [2.45, 2.75) is 6.42 Å². The standard InChI is InChI=1S/C23H24BrN3O5/c1-27(2)22(28)16-13-25-19-12-20(32-10-6-9-31-3)17(24)11-15(19)21(16)26-18-8-5-4-7-14(18)23(29)30/h4-5,7-8,11-13H,6,9-10H2,1-3H3,(H,25,26)(H,29,30). The summed E-state index contributed by atoms with van der Waals surface area (Å²) in [5.41, 5.74) is 1.85. The Hall–Kier alpha value is -3.17. The first kappa shape index (κ1) is 23.5. The number of hydrogen-bond donors (Lipinski definition) is 2. The van der Waals surface area contributed by atoms with Crippen LogP contribution in [0.2, 0.25) is 0 Å². The molecular weight excluding hydrogens is 478 g/mol. The molecule has 9 heteroatoms. The number of rotatable bonds is 9. The molecule has 0 radical (unpaired) electrons. The first-order valence-electron chi connectivity index (χ1n) is 9.88. The Morgan fingerprint density at radius 1 is 1.16 bits per heavy atom. The molecule has 0 aliphatic heterocycles. The number of aromatic carboxylic acids is 1. The lowest BCUT2D eigenvalue weighted by Crippen LogP contribution is -2.23. The molecule has 1 heterocycles. The molecule has 0 unspecified atom stereocenters. The van der Waals surface area contributed by atoms with E-state index in [0.717, 1.165) is 6.42 Å². The molecule has 1 aromatic heterocycles. The third-order valence-corrected chi connectivity index (χ3v) is 5.35. The van der Waals surface area contributed by atoms with Crippen molar-refractivity contribution in [3.8, 4) is 5.75 Å². The number of para-hydroxylation sites is 1. The largest absolute Gasteiger partial charge is 0.492 e. The molecule has 0 aliphatic carbocycles. The van der Waals surface area contributed by atoms with Crippen LogP contribution in [0.25, 0.3) is 10.9 Å². The van der Waals surface area contributed by atoms with E-state index in [9.17, 15) is 14.7 Å². The molecule has 3 aromatic rings. The maximum Gasteiger partial charge on any atom is 0.337 e. The van der Waals surface area contributed by atoms with Gasteiger partial charge in [0.1, 0.15) is 5.75 Å². The molecule has 1 amide bonds. The lowest BCUT2D eigenvalue weighted by Gasteiger charge is -2.19. The predicted octanol–water partition coefficient (Wildman–Crippen LogP) is 4.56. The highest BCUT2D eigenvalue weighted by atomic mass is 79.9. The van der Waals surface area contributed by atoms with Gasteiger partial charge >= 0.3 is 5.97 Å². The van der Waals surface area contributed by atoms with Crippen LogP contribution in [0.5, 0.6) is 5.75 Å². The number of aromatic nitrogens is 1. The van der Waals surface area contributed by atoms with Crippen molar-refractivity contribution in [2.75, 3.05) is 39.7 Å². The molecule has 8 nitrogen and oxygen atoms in total. The fourth-order valence-corrected chi connectivity index (χ4v) is 3.60. The van der Waals surface area contributed by atoms with Gasteiger partial charge in [0.05, 0.1) is 39.1 Å². The number of ether oxygens (including phenoxy) is 2. The van der Waals surface area contributed by atoms with Crippen LogP contribution in [0.3, 0.4) is 0 Å². The number of carboxylic acids is 1. The third kappa shape index (κ3) is 5.17. The van der Waals surface area contributed by atoms with Crippen molar-refractivity contribution >= 4 is 50.1 Å². The molecule has 0 saturated carbocycles. The van der Waals surface area contributed by atoms with E-state index in [1.165, 1.54) is 17.2 Å². The number of anilines is 2. The SMILES string of the molecule is COCCCOc1cc2ncc(C(=O)N(C)C)c(Nc3ccccc3C(=O)O)c2cc1Br. The highest BCUT2D eigenvalue weighted by Gasteiger charge is 2.20. The topological polar surface area (TPSA) is 101 Å². The number of amides is 1. The Balaban J connectivity index is 2.12. The minimum atomic E-state index is -1.07. The van der Waals surface area contributed by atoms with Gasteiger partial charge in [0.25, 0.3) is 5.91 Å². The highest BCUT2D eigenvalue weighted by molar-refractivity contribution is 9.10. The molecule has 2 N–H and O–H groups in total. The van der Waals surface area contributed by atoms with Gasteiger partial charge in [-0.25, -0.2) is 4.79 Å². The Morgan fingerprint density at radius 2 is 1.91 bits per heavy atom. The van der Waals surface area contributed by atoms with Crippen molar-refractivity contribution in [1.29, 1.82) is 0 Å². The third-order valence-electron chi connectivity index (χ3n) is 4.73. The van der Waals surface area contributed by atoms with E-state index >= 15 is 0 Å². The Kier molecular flexibility index (Phi) is 7.66. The summed E-state index contributed by atoms with van der Waals surface area (Å²) in [5.74, 6) is -0.713. The summed E-state index contributed by atoms with van der Waals surface area (Å²) in [6.07, 6.45) is 2.22. The maximum absolute atomic E-state index is 12.9. The Labute approximate surface area is 194 Å². The van der Waals surface area contributed by atoms with E-state index < -0.39 is 5.97 Å². The van der Waals surface area contributed by atoms with Gasteiger partial charge in [-0.3, -0.25) is 9.78 Å². The zero-order chi connectivity index (χ0) is 23.3. The van der Waals surface area contributed by atoms with E-state index in [2.05, 4.69) is 26.2 Å². The Bertz CT molecular complexity index is 1150. The highest BCUT2D eigenvalue weighted by Crippen LogP contribution is 2.37. The maximum atomic E-state index is 12.9. The lowest BCUT2D eigenvalue weighted by atomic mass is 10.1. The summed E-state index contributed by atoms with van der Waals surface area (Å²) in [5, 5.41) is 13.4. The zero-order valence-electron chi connectivity index (χ0n) is 18.0. The number of hydrogen-bond acceptors (Lipinski definition) is 6. The average molecular weight is 502 g/mol. The molecule has 2 aromatic carbocycles. The molecule has 32 heavy (non-hydrogen) atoms. The summed E-state index contributed by atoms with van der Waals surface area (Å²) in [6, 6.07) is 10.1. The van der Waals surface area contributed by atoms with Crippen LogP contribution in [0.1, 0.15) is 27.1 Å². The van der Waals surface area contributed by atoms with Gasteiger partial charge in [0.15, 0.2) is 0 Å². The van der Waals surface area contributed by atoms with Gasteiger partial charge in [0, 0.05) is 51.9 Å². The van der Waals surface area contributed by atoms with Crippen molar-refractivity contribution in [3.05, 3.63) is 58.2 Å². The number of fused-ring (bicyclic) bond motifs is 1. The molecule has 0 saturated heterocycles. The van der Waals surface area contributed by atoms with Gasteiger partial charge in [-0.1, -0.05) is 12.1 Å². The molecule has 0 spiro atoms. The molecule has 0 aliphatic rings. The van der Waals surface area contributed by atoms with Gasteiger partial charge in [0.2, 0.25) is 0 Å². The van der Waals surface area contributed by atoms with Crippen LogP contribution >= 0.6 is 15.9 Å². The van der Waals surface area contributed by atoms with Crippen molar-refractivity contribution in [2.24, 2.45) is 0 Å². The van der Waals surface area contributed by atoms with E-state index in [0.29, 0.717) is 51.3 Å². The number of carboxylic acid groups (broad SMARTS) is 1. The monoisotopic (exact) mass is 501 g/mol. The molecule has 0 bridgehead atoms. The number of pyridine rings is 1. The minimum Gasteiger partial charge on any atom is -0.492 e. The van der Waals surface area contributed by atoms with Crippen LogP contribution in [0, 0.1) is 0 Å². The van der Waals surface area contributed by atoms with Gasteiger partial charge in [-0.05, 0) is 34.1 Å². The van der Waals surface area contributed by atoms with E-state index in [-0.39, 0.29) is 11.5 Å². The van der Waals surface area contributed by atoms with E-state index in [4.69, 9.17) is 9.47 Å². The summed E-state index contributed by atoms with van der Waals surface area (Å²) in [7, 11) is 4.93. The molecule has 0 atom stereocenters. The number of carbonyl (C=O) groups excluding carboxylic acids is 1. The molecule has 3 rings (SSSR count). The van der Waals surface area contributed by atoms with Crippen LogP contribution in [0.4, 0.5) is 11.4 Å². The van der Waals surface area contributed by atoms with Crippen molar-refractivity contribution < 1.29 is 24.2 Å².